The smallest absolute Gasteiger partial charge is 0.256 e. The van der Waals surface area contributed by atoms with Crippen molar-refractivity contribution in [2.24, 2.45) is 21.7 Å². The Hall–Kier alpha value is -4.50. The van der Waals surface area contributed by atoms with E-state index in [0.717, 1.165) is 84.1 Å². The number of nitrogens with one attached hydrogen (secondary N) is 1. The second kappa shape index (κ2) is 11.4. The van der Waals surface area contributed by atoms with Crippen molar-refractivity contribution >= 4 is 28.5 Å². The van der Waals surface area contributed by atoms with E-state index in [4.69, 9.17) is 16.6 Å². The number of hydrazine groups is 1. The summed E-state index contributed by atoms with van der Waals surface area (Å²) in [6.07, 6.45) is 8.63. The first-order valence-corrected chi connectivity index (χ1v) is 14.6. The maximum Gasteiger partial charge on any atom is 0.256 e. The molecule has 8 nitrogen and oxygen atoms in total. The Kier molecular flexibility index (Phi) is 7.51. The average Bonchev–Trinajstić information content (AvgIpc) is 3.71. The van der Waals surface area contributed by atoms with Crippen molar-refractivity contribution in [2.45, 2.75) is 64.0 Å². The van der Waals surface area contributed by atoms with Gasteiger partial charge in [-0.3, -0.25) is 14.7 Å². The van der Waals surface area contributed by atoms with Gasteiger partial charge in [-0.25, -0.2) is 15.8 Å². The highest BCUT2D eigenvalue weighted by atomic mass is 19.1. The van der Waals surface area contributed by atoms with Crippen molar-refractivity contribution in [2.75, 3.05) is 0 Å². The first-order chi connectivity index (χ1) is 20.4. The molecule has 0 atom stereocenters. The number of benzene rings is 3. The highest BCUT2D eigenvalue weighted by Crippen LogP contribution is 2.40. The van der Waals surface area contributed by atoms with Crippen LogP contribution in [0.25, 0.3) is 27.7 Å². The quantitative estimate of drug-likeness (QED) is 0.104. The molecular formula is C33H36FN7O. The van der Waals surface area contributed by atoms with Crippen molar-refractivity contribution in [3.63, 3.8) is 0 Å². The first-order valence-electron chi connectivity index (χ1n) is 14.6. The Labute approximate surface area is 244 Å². The normalized spacial score (nSPS) is 16.5. The second-order valence-corrected chi connectivity index (χ2v) is 11.2. The number of amides is 1. The number of nitrogens with two attached hydrogens (primary N) is 2. The largest absolute Gasteiger partial charge is 0.382 e. The van der Waals surface area contributed by atoms with Gasteiger partial charge in [0.2, 0.25) is 0 Å². The molecule has 0 radical (unpaired) electrons. The topological polar surface area (TPSA) is 114 Å². The van der Waals surface area contributed by atoms with E-state index in [-0.39, 0.29) is 17.6 Å². The average molecular weight is 566 g/mol. The number of carbonyl (C=O) groups is 1. The number of hydrogen-bond acceptors (Lipinski definition) is 5. The molecule has 0 unspecified atom stereocenters. The molecule has 9 heteroatoms. The molecule has 2 aliphatic rings. The molecule has 1 aliphatic heterocycles. The van der Waals surface area contributed by atoms with Crippen molar-refractivity contribution in [3.05, 3.63) is 89.9 Å². The lowest BCUT2D eigenvalue weighted by molar-refractivity contribution is -0.131. The minimum Gasteiger partial charge on any atom is -0.382 e. The number of fused-ring (bicyclic) bond motifs is 1. The summed E-state index contributed by atoms with van der Waals surface area (Å²) < 4.78 is 16.0. The van der Waals surface area contributed by atoms with Crippen LogP contribution in [0.5, 0.6) is 0 Å². The van der Waals surface area contributed by atoms with Crippen LogP contribution < -0.4 is 17.1 Å². The maximum absolute atomic E-state index is 14.1. The molecule has 1 fully saturated rings. The Morgan fingerprint density at radius 1 is 1.07 bits per heavy atom. The monoisotopic (exact) mass is 565 g/mol. The molecule has 42 heavy (non-hydrogen) atoms. The number of amidine groups is 2. The molecule has 0 saturated heterocycles. The third-order valence-electron chi connectivity index (χ3n) is 8.49. The molecular weight excluding hydrogens is 529 g/mol. The van der Waals surface area contributed by atoms with Gasteiger partial charge in [0.15, 0.2) is 5.84 Å². The van der Waals surface area contributed by atoms with Crippen molar-refractivity contribution < 1.29 is 9.18 Å². The number of hydrogen-bond donors (Lipinski definition) is 3. The fourth-order valence-electron chi connectivity index (χ4n) is 6.27. The highest BCUT2D eigenvalue weighted by molar-refractivity contribution is 6.08. The first kappa shape index (κ1) is 27.7. The van der Waals surface area contributed by atoms with Crippen LogP contribution in [0.4, 0.5) is 4.39 Å². The Morgan fingerprint density at radius 3 is 2.60 bits per heavy atom. The third-order valence-corrected chi connectivity index (χ3v) is 8.49. The lowest BCUT2D eigenvalue weighted by Crippen LogP contribution is -2.40. The zero-order valence-electron chi connectivity index (χ0n) is 23.8. The van der Waals surface area contributed by atoms with Crippen LogP contribution in [0, 0.1) is 5.82 Å². The standard InChI is InChI=1S/C33H36FN7O/c1-2-3-6-30-37-33(16-4-5-17-33)32(42)41(30)21-22-7-9-23(10-8-22)28-20-26(13-14-27(28)31(35)38-39-36)40-18-15-24-11-12-25(34)19-29(24)40/h7-15,18-20,39H,2-6,16-17,21,36H2,1H3,(H2,35,38). The second-order valence-electron chi connectivity index (χ2n) is 11.2. The predicted octanol–water partition coefficient (Wildman–Crippen LogP) is 5.76. The van der Waals surface area contributed by atoms with Crippen LogP contribution in [0.2, 0.25) is 0 Å². The molecule has 3 aromatic carbocycles. The van der Waals surface area contributed by atoms with Crippen molar-refractivity contribution in [1.82, 2.24) is 15.0 Å². The minimum atomic E-state index is -0.544. The van der Waals surface area contributed by atoms with Crippen molar-refractivity contribution in [3.8, 4) is 16.8 Å². The molecule has 1 aliphatic carbocycles. The van der Waals surface area contributed by atoms with Gasteiger partial charge < -0.3 is 10.3 Å². The Morgan fingerprint density at radius 2 is 1.86 bits per heavy atom. The van der Waals surface area contributed by atoms with Gasteiger partial charge in [0.25, 0.3) is 5.91 Å². The summed E-state index contributed by atoms with van der Waals surface area (Å²) in [6.45, 7) is 2.66. The van der Waals surface area contributed by atoms with E-state index in [1.807, 2.05) is 64.2 Å². The van der Waals surface area contributed by atoms with Crippen LogP contribution in [0.3, 0.4) is 0 Å². The summed E-state index contributed by atoms with van der Waals surface area (Å²) in [7, 11) is 0. The summed E-state index contributed by atoms with van der Waals surface area (Å²) in [5.41, 5.74) is 13.1. The van der Waals surface area contributed by atoms with Crippen LogP contribution in [-0.4, -0.2) is 32.6 Å². The summed E-state index contributed by atoms with van der Waals surface area (Å²) in [5, 5.41) is 4.95. The number of nitrogens with zero attached hydrogens (tertiary/aromatic N) is 4. The van der Waals surface area contributed by atoms with E-state index in [0.29, 0.717) is 12.1 Å². The van der Waals surface area contributed by atoms with E-state index in [9.17, 15) is 9.18 Å². The molecule has 4 aromatic rings. The van der Waals surface area contributed by atoms with E-state index < -0.39 is 5.54 Å². The fourth-order valence-corrected chi connectivity index (χ4v) is 6.27. The van der Waals surface area contributed by atoms with E-state index in [1.165, 1.54) is 12.1 Å². The number of carbonyl (C=O) groups excluding carboxylic acids is 1. The van der Waals surface area contributed by atoms with Gasteiger partial charge >= 0.3 is 0 Å². The molecule has 1 saturated carbocycles. The molecule has 5 N–H and O–H groups in total. The van der Waals surface area contributed by atoms with E-state index in [2.05, 4.69) is 17.6 Å². The van der Waals surface area contributed by atoms with Crippen LogP contribution >= 0.6 is 0 Å². The third kappa shape index (κ3) is 5.05. The highest BCUT2D eigenvalue weighted by Gasteiger charge is 2.49. The van der Waals surface area contributed by atoms with Crippen LogP contribution in [0.15, 0.2) is 83.0 Å². The molecule has 1 amide bonds. The van der Waals surface area contributed by atoms with Gasteiger partial charge in [-0.15, -0.1) is 5.10 Å². The SMILES string of the molecule is CCCCC1=NC2(CCCC2)C(=O)N1Cc1ccc(-c2cc(-n3ccc4ccc(F)cc43)ccc2/C(N)=N/NN)cc1. The maximum atomic E-state index is 14.1. The number of aliphatic imine (C=N–C) groups is 1. The molecule has 1 spiro atoms. The van der Waals surface area contributed by atoms with Crippen molar-refractivity contribution in [1.29, 1.82) is 0 Å². The van der Waals surface area contributed by atoms with Gasteiger partial charge in [0.1, 0.15) is 17.2 Å². The predicted molar refractivity (Wildman–Crippen MR) is 165 cm³/mol. The Balaban J connectivity index is 1.33. The molecule has 6 rings (SSSR count). The van der Waals surface area contributed by atoms with E-state index in [1.54, 1.807) is 6.07 Å². The Bertz CT molecular complexity index is 1680. The number of hydrazone groups is 1. The summed E-state index contributed by atoms with van der Waals surface area (Å²) >= 11 is 0. The zero-order chi connectivity index (χ0) is 29.3. The van der Waals surface area contributed by atoms with Gasteiger partial charge in [-0.2, -0.15) is 0 Å². The number of rotatable bonds is 9. The lowest BCUT2D eigenvalue weighted by Gasteiger charge is -2.23. The molecule has 0 bridgehead atoms. The van der Waals surface area contributed by atoms with Crippen LogP contribution in [-0.2, 0) is 11.3 Å². The number of halogens is 1. The molecule has 216 valence electrons. The van der Waals surface area contributed by atoms with Gasteiger partial charge in [-0.1, -0.05) is 50.5 Å². The van der Waals surface area contributed by atoms with Gasteiger partial charge in [0, 0.05) is 29.3 Å². The molecule has 1 aromatic heterocycles. The summed E-state index contributed by atoms with van der Waals surface area (Å²) in [4.78, 5) is 20.5. The van der Waals surface area contributed by atoms with Gasteiger partial charge in [-0.05, 0) is 78.4 Å². The van der Waals surface area contributed by atoms with Gasteiger partial charge in [0.05, 0.1) is 12.1 Å². The fraction of sp³-hybridized carbons (Fsp3) is 0.303. The van der Waals surface area contributed by atoms with Crippen LogP contribution in [0.1, 0.15) is 63.0 Å². The number of unbranched alkanes of at least 4 members (excludes halogenated alkanes) is 1. The lowest BCUT2D eigenvalue weighted by atomic mass is 9.96. The van der Waals surface area contributed by atoms with E-state index >= 15 is 0 Å². The minimum absolute atomic E-state index is 0.152. The zero-order valence-corrected chi connectivity index (χ0v) is 23.8. The number of aromatic nitrogens is 1. The summed E-state index contributed by atoms with van der Waals surface area (Å²) in [5.74, 6) is 6.46. The molecule has 2 heterocycles. The summed E-state index contributed by atoms with van der Waals surface area (Å²) in [6, 6.07) is 20.7.